The van der Waals surface area contributed by atoms with E-state index in [4.69, 9.17) is 0 Å². The molecule has 7 heteroatoms. The minimum Gasteiger partial charge on any atom is -0.289 e. The average molecular weight is 385 g/mol. The number of carbonyl (C=O) groups excluding carboxylic acids is 1. The summed E-state index contributed by atoms with van der Waals surface area (Å²) in [6.07, 6.45) is 2.82. The zero-order valence-electron chi connectivity index (χ0n) is 15.7. The van der Waals surface area contributed by atoms with E-state index in [1.807, 2.05) is 6.07 Å². The Labute approximate surface area is 160 Å². The number of hydroxylamine groups is 1. The zero-order chi connectivity index (χ0) is 20.1. The summed E-state index contributed by atoms with van der Waals surface area (Å²) in [7, 11) is 1.68. The van der Waals surface area contributed by atoms with Gasteiger partial charge in [-0.05, 0) is 54.9 Å². The monoisotopic (exact) mass is 385 g/mol. The number of benzene rings is 2. The highest BCUT2D eigenvalue weighted by molar-refractivity contribution is 5.88. The highest BCUT2D eigenvalue weighted by Crippen LogP contribution is 2.50. The molecule has 3 aromatic rings. The van der Waals surface area contributed by atoms with Gasteiger partial charge in [0, 0.05) is 12.4 Å². The van der Waals surface area contributed by atoms with Crippen LogP contribution in [0, 0.1) is 18.6 Å². The Morgan fingerprint density at radius 3 is 2.86 bits per heavy atom. The molecular formula is C21H21F2N3O2. The predicted octanol–water partition coefficient (Wildman–Crippen LogP) is 3.87. The van der Waals surface area contributed by atoms with Crippen LogP contribution in [0.25, 0.3) is 10.9 Å². The molecule has 1 saturated carbocycles. The van der Waals surface area contributed by atoms with Crippen LogP contribution in [-0.4, -0.2) is 20.9 Å². The molecule has 1 fully saturated rings. The molecule has 146 valence electrons. The molecule has 0 radical (unpaired) electrons. The molecule has 1 aliphatic rings. The van der Waals surface area contributed by atoms with Gasteiger partial charge < -0.3 is 0 Å². The summed E-state index contributed by atoms with van der Waals surface area (Å²) in [6, 6.07) is 8.15. The van der Waals surface area contributed by atoms with E-state index in [9.17, 15) is 14.4 Å². The van der Waals surface area contributed by atoms with Gasteiger partial charge in [-0.1, -0.05) is 24.3 Å². The number of hydrogen-bond donors (Lipinski definition) is 2. The van der Waals surface area contributed by atoms with Crippen LogP contribution in [-0.2, 0) is 17.3 Å². The summed E-state index contributed by atoms with van der Waals surface area (Å²) in [5, 5.41) is 14.2. The molecule has 0 bridgehead atoms. The summed E-state index contributed by atoms with van der Waals surface area (Å²) in [5.41, 5.74) is 2.47. The average Bonchev–Trinajstić information content (AvgIpc) is 3.29. The first-order valence-corrected chi connectivity index (χ1v) is 9.19. The molecule has 1 aromatic heterocycles. The Morgan fingerprint density at radius 2 is 2.11 bits per heavy atom. The molecule has 2 atom stereocenters. The predicted molar refractivity (Wildman–Crippen MR) is 100 cm³/mol. The molecule has 0 saturated heterocycles. The summed E-state index contributed by atoms with van der Waals surface area (Å²) in [4.78, 5) is 12.7. The number of carbonyl (C=O) groups is 1. The number of amides is 1. The molecule has 4 rings (SSSR count). The Hall–Kier alpha value is -2.80. The molecule has 1 aliphatic carbocycles. The summed E-state index contributed by atoms with van der Waals surface area (Å²) < 4.78 is 30.9. The molecule has 2 N–H and O–H groups in total. The minimum absolute atomic E-state index is 0.237. The quantitative estimate of drug-likeness (QED) is 0.531. The van der Waals surface area contributed by atoms with Gasteiger partial charge in [0.1, 0.15) is 11.3 Å². The smallest absolute Gasteiger partial charge is 0.254 e. The van der Waals surface area contributed by atoms with Gasteiger partial charge in [-0.25, -0.2) is 14.3 Å². The van der Waals surface area contributed by atoms with Crippen LogP contribution in [0.15, 0.2) is 36.5 Å². The maximum atomic E-state index is 15.2. The molecule has 2 aromatic carbocycles. The highest BCUT2D eigenvalue weighted by Gasteiger charge is 2.48. The van der Waals surface area contributed by atoms with Gasteiger partial charge in [0.15, 0.2) is 5.82 Å². The van der Waals surface area contributed by atoms with Gasteiger partial charge in [0.2, 0.25) is 0 Å². The normalized spacial score (nSPS) is 22.0. The summed E-state index contributed by atoms with van der Waals surface area (Å²) in [6.45, 7) is 1.62. The molecule has 1 unspecified atom stereocenters. The van der Waals surface area contributed by atoms with Crippen molar-refractivity contribution in [3.05, 3.63) is 64.9 Å². The van der Waals surface area contributed by atoms with Crippen molar-refractivity contribution in [2.75, 3.05) is 0 Å². The van der Waals surface area contributed by atoms with Crippen molar-refractivity contribution >= 4 is 16.8 Å². The number of nitrogens with zero attached hydrogens (tertiary/aromatic N) is 2. The van der Waals surface area contributed by atoms with E-state index >= 15 is 4.39 Å². The van der Waals surface area contributed by atoms with Gasteiger partial charge in [-0.2, -0.15) is 5.10 Å². The van der Waals surface area contributed by atoms with Crippen molar-refractivity contribution in [3.8, 4) is 0 Å². The second kappa shape index (κ2) is 6.67. The molecule has 1 amide bonds. The van der Waals surface area contributed by atoms with Crippen molar-refractivity contribution in [1.29, 1.82) is 0 Å². The Morgan fingerprint density at radius 1 is 1.32 bits per heavy atom. The van der Waals surface area contributed by atoms with E-state index in [0.717, 1.165) is 0 Å². The lowest BCUT2D eigenvalue weighted by Gasteiger charge is -2.29. The maximum absolute atomic E-state index is 15.2. The molecule has 28 heavy (non-hydrogen) atoms. The van der Waals surface area contributed by atoms with E-state index in [1.165, 1.54) is 10.7 Å². The van der Waals surface area contributed by atoms with Gasteiger partial charge in [0.25, 0.3) is 5.91 Å². The van der Waals surface area contributed by atoms with Crippen LogP contribution < -0.4 is 5.48 Å². The van der Waals surface area contributed by atoms with E-state index in [1.54, 1.807) is 43.8 Å². The topological polar surface area (TPSA) is 67.2 Å². The second-order valence-electron chi connectivity index (χ2n) is 7.55. The third kappa shape index (κ3) is 2.61. The van der Waals surface area contributed by atoms with E-state index in [2.05, 4.69) is 5.10 Å². The third-order valence-electron chi connectivity index (χ3n) is 6.14. The van der Waals surface area contributed by atoms with E-state index in [0.29, 0.717) is 40.4 Å². The van der Waals surface area contributed by atoms with Gasteiger partial charge >= 0.3 is 0 Å². The number of nitrogens with one attached hydrogen (secondary N) is 1. The SMILES string of the molecule is Cc1c(F)cccc1[C@]1(C(=O)NO)CCC(c2ccc3cnn(C)c3c2F)C1. The van der Waals surface area contributed by atoms with Crippen LogP contribution in [0.4, 0.5) is 8.78 Å². The van der Waals surface area contributed by atoms with E-state index < -0.39 is 17.1 Å². The first kappa shape index (κ1) is 18.6. The molecule has 5 nitrogen and oxygen atoms in total. The first-order valence-electron chi connectivity index (χ1n) is 9.19. The fourth-order valence-electron chi connectivity index (χ4n) is 4.67. The maximum Gasteiger partial charge on any atom is 0.254 e. The number of aryl methyl sites for hydroxylation is 1. The highest BCUT2D eigenvalue weighted by atomic mass is 19.1. The van der Waals surface area contributed by atoms with Crippen molar-refractivity contribution < 1.29 is 18.8 Å². The number of rotatable bonds is 3. The van der Waals surface area contributed by atoms with Crippen LogP contribution >= 0.6 is 0 Å². The number of halogens is 2. The Kier molecular flexibility index (Phi) is 4.42. The fraction of sp³-hybridized carbons (Fsp3) is 0.333. The van der Waals surface area contributed by atoms with Crippen molar-refractivity contribution in [2.45, 2.75) is 37.5 Å². The lowest BCUT2D eigenvalue weighted by molar-refractivity contribution is -0.135. The largest absolute Gasteiger partial charge is 0.289 e. The second-order valence-corrected chi connectivity index (χ2v) is 7.55. The number of fused-ring (bicyclic) bond motifs is 1. The number of hydrogen-bond acceptors (Lipinski definition) is 3. The first-order chi connectivity index (χ1) is 13.4. The van der Waals surface area contributed by atoms with Crippen LogP contribution in [0.1, 0.15) is 41.9 Å². The fourth-order valence-corrected chi connectivity index (χ4v) is 4.67. The molecule has 0 spiro atoms. The third-order valence-corrected chi connectivity index (χ3v) is 6.14. The molecule has 0 aliphatic heterocycles. The van der Waals surface area contributed by atoms with Gasteiger partial charge in [0.05, 0.1) is 11.6 Å². The molecule has 1 heterocycles. The van der Waals surface area contributed by atoms with Gasteiger partial charge in [-0.15, -0.1) is 0 Å². The Balaban J connectivity index is 1.80. The van der Waals surface area contributed by atoms with Crippen LogP contribution in [0.2, 0.25) is 0 Å². The Bertz CT molecular complexity index is 1080. The number of aromatic nitrogens is 2. The standard InChI is InChI=1S/C21H21F2N3O2/c1-12-16(4-3-5-17(12)22)21(20(27)25-28)9-8-13(10-21)15-7-6-14-11-24-26(2)19(14)18(15)23/h3-7,11,13,28H,8-10H2,1-2H3,(H,25,27)/t13?,21-/m0/s1. The lowest BCUT2D eigenvalue weighted by Crippen LogP contribution is -2.42. The van der Waals surface area contributed by atoms with Crippen LogP contribution in [0.5, 0.6) is 0 Å². The van der Waals surface area contributed by atoms with Crippen molar-refractivity contribution in [3.63, 3.8) is 0 Å². The molecular weight excluding hydrogens is 364 g/mol. The summed E-state index contributed by atoms with van der Waals surface area (Å²) in [5.74, 6) is -1.59. The minimum atomic E-state index is -1.11. The van der Waals surface area contributed by atoms with Crippen molar-refractivity contribution in [1.82, 2.24) is 15.3 Å². The lowest BCUT2D eigenvalue weighted by atomic mass is 9.75. The van der Waals surface area contributed by atoms with E-state index in [-0.39, 0.29) is 18.2 Å². The zero-order valence-corrected chi connectivity index (χ0v) is 15.7. The summed E-state index contributed by atoms with van der Waals surface area (Å²) >= 11 is 0. The van der Waals surface area contributed by atoms with Gasteiger partial charge in [-0.3, -0.25) is 14.7 Å². The van der Waals surface area contributed by atoms with Crippen molar-refractivity contribution in [2.24, 2.45) is 7.05 Å². The van der Waals surface area contributed by atoms with Crippen LogP contribution in [0.3, 0.4) is 0 Å².